The molecule has 1 fully saturated rings. The van der Waals surface area contributed by atoms with Gasteiger partial charge < -0.3 is 10.5 Å². The van der Waals surface area contributed by atoms with Gasteiger partial charge >= 0.3 is 0 Å². The molecule has 0 radical (unpaired) electrons. The maximum Gasteiger partial charge on any atom is 0.119 e. The lowest BCUT2D eigenvalue weighted by molar-refractivity contribution is 0.415. The van der Waals surface area contributed by atoms with Crippen LogP contribution in [-0.4, -0.2) is 16.9 Å². The molecule has 0 saturated heterocycles. The van der Waals surface area contributed by atoms with Crippen LogP contribution in [0.1, 0.15) is 18.4 Å². The summed E-state index contributed by atoms with van der Waals surface area (Å²) in [5, 5.41) is 4.35. The number of hydrogen-bond donors (Lipinski definition) is 1. The summed E-state index contributed by atoms with van der Waals surface area (Å²) in [7, 11) is 3.62. The molecule has 18 heavy (non-hydrogen) atoms. The highest BCUT2D eigenvalue weighted by atomic mass is 16.5. The van der Waals surface area contributed by atoms with Crippen molar-refractivity contribution in [2.45, 2.75) is 18.4 Å². The number of aromatic nitrogens is 2. The summed E-state index contributed by atoms with van der Waals surface area (Å²) in [5.74, 6) is 0.849. The van der Waals surface area contributed by atoms with Crippen LogP contribution in [0.2, 0.25) is 0 Å². The zero-order valence-electron chi connectivity index (χ0n) is 10.7. The van der Waals surface area contributed by atoms with Gasteiger partial charge in [-0.25, -0.2) is 0 Å². The van der Waals surface area contributed by atoms with Crippen molar-refractivity contribution in [2.75, 3.05) is 7.11 Å². The average Bonchev–Trinajstić information content (AvgIpc) is 3.00. The Labute approximate surface area is 106 Å². The first-order valence-corrected chi connectivity index (χ1v) is 6.10. The van der Waals surface area contributed by atoms with Crippen LogP contribution in [0.3, 0.4) is 0 Å². The molecule has 0 aliphatic heterocycles. The van der Waals surface area contributed by atoms with E-state index in [2.05, 4.69) is 11.2 Å². The van der Waals surface area contributed by atoms with Gasteiger partial charge in [0.2, 0.25) is 0 Å². The van der Waals surface area contributed by atoms with E-state index in [1.165, 1.54) is 0 Å². The monoisotopic (exact) mass is 243 g/mol. The molecule has 4 heteroatoms. The molecule has 4 nitrogen and oxygen atoms in total. The fourth-order valence-electron chi connectivity index (χ4n) is 2.32. The fourth-order valence-corrected chi connectivity index (χ4v) is 2.32. The highest BCUT2D eigenvalue weighted by molar-refractivity contribution is 5.67. The molecule has 1 heterocycles. The molecule has 3 rings (SSSR count). The minimum Gasteiger partial charge on any atom is -0.497 e. The third-order valence-electron chi connectivity index (χ3n) is 3.61. The Kier molecular flexibility index (Phi) is 2.41. The van der Waals surface area contributed by atoms with Gasteiger partial charge in [0.15, 0.2) is 0 Å². The third-order valence-corrected chi connectivity index (χ3v) is 3.61. The van der Waals surface area contributed by atoms with E-state index in [-0.39, 0.29) is 5.54 Å². The summed E-state index contributed by atoms with van der Waals surface area (Å²) in [6.07, 6.45) is 3.97. The van der Waals surface area contributed by atoms with Crippen LogP contribution in [0.15, 0.2) is 30.5 Å². The summed E-state index contributed by atoms with van der Waals surface area (Å²) in [4.78, 5) is 0. The van der Waals surface area contributed by atoms with Crippen molar-refractivity contribution in [3.8, 4) is 17.0 Å². The van der Waals surface area contributed by atoms with E-state index in [9.17, 15) is 0 Å². The second kappa shape index (κ2) is 3.85. The van der Waals surface area contributed by atoms with Gasteiger partial charge in [-0.15, -0.1) is 0 Å². The number of rotatable bonds is 3. The van der Waals surface area contributed by atoms with Gasteiger partial charge in [-0.1, -0.05) is 12.1 Å². The van der Waals surface area contributed by atoms with E-state index < -0.39 is 0 Å². The van der Waals surface area contributed by atoms with Crippen molar-refractivity contribution in [2.24, 2.45) is 12.8 Å². The van der Waals surface area contributed by atoms with E-state index in [0.29, 0.717) is 0 Å². The standard InChI is InChI=1S/C14H17N3O/c1-17-13(10-4-3-5-11(8-10)18-2)12(9-16-17)14(15)6-7-14/h3-5,8-9H,6-7,15H2,1-2H3. The topological polar surface area (TPSA) is 53.1 Å². The minimum absolute atomic E-state index is 0.174. The molecule has 94 valence electrons. The summed E-state index contributed by atoms with van der Waals surface area (Å²) in [5.41, 5.74) is 9.46. The Morgan fingerprint density at radius 3 is 2.83 bits per heavy atom. The second-order valence-corrected chi connectivity index (χ2v) is 4.92. The molecule has 0 unspecified atom stereocenters. The smallest absolute Gasteiger partial charge is 0.119 e. The molecule has 1 aromatic carbocycles. The number of ether oxygens (including phenoxy) is 1. The second-order valence-electron chi connectivity index (χ2n) is 4.92. The van der Waals surface area contributed by atoms with Crippen LogP contribution in [-0.2, 0) is 12.6 Å². The van der Waals surface area contributed by atoms with Crippen molar-refractivity contribution >= 4 is 0 Å². The number of aryl methyl sites for hydroxylation is 1. The summed E-state index contributed by atoms with van der Waals surface area (Å²) in [6, 6.07) is 8.01. The Balaban J connectivity index is 2.13. The molecule has 2 aromatic rings. The number of benzene rings is 1. The maximum absolute atomic E-state index is 6.31. The zero-order chi connectivity index (χ0) is 12.8. The molecule has 1 aromatic heterocycles. The maximum atomic E-state index is 6.31. The Morgan fingerprint density at radius 2 is 2.17 bits per heavy atom. The molecule has 2 N–H and O–H groups in total. The van der Waals surface area contributed by atoms with E-state index in [4.69, 9.17) is 10.5 Å². The van der Waals surface area contributed by atoms with Gasteiger partial charge in [-0.2, -0.15) is 5.10 Å². The van der Waals surface area contributed by atoms with Crippen molar-refractivity contribution < 1.29 is 4.74 Å². The van der Waals surface area contributed by atoms with Crippen LogP contribution in [0, 0.1) is 0 Å². The molecular formula is C14H17N3O. The molecule has 1 aliphatic rings. The van der Waals surface area contributed by atoms with Crippen molar-refractivity contribution in [1.82, 2.24) is 9.78 Å². The van der Waals surface area contributed by atoms with Gasteiger partial charge in [-0.05, 0) is 25.0 Å². The molecule has 0 bridgehead atoms. The molecule has 0 amide bonds. The van der Waals surface area contributed by atoms with Crippen LogP contribution in [0.5, 0.6) is 5.75 Å². The highest BCUT2D eigenvalue weighted by Crippen LogP contribution is 2.46. The lowest BCUT2D eigenvalue weighted by atomic mass is 10.0. The van der Waals surface area contributed by atoms with Crippen LogP contribution < -0.4 is 10.5 Å². The van der Waals surface area contributed by atoms with Crippen molar-refractivity contribution in [3.05, 3.63) is 36.0 Å². The van der Waals surface area contributed by atoms with E-state index in [1.54, 1.807) is 7.11 Å². The first-order chi connectivity index (χ1) is 8.64. The van der Waals surface area contributed by atoms with Crippen molar-refractivity contribution in [3.63, 3.8) is 0 Å². The Morgan fingerprint density at radius 1 is 1.39 bits per heavy atom. The Hall–Kier alpha value is -1.81. The first kappa shape index (κ1) is 11.3. The Bertz CT molecular complexity index is 584. The molecule has 1 aliphatic carbocycles. The van der Waals surface area contributed by atoms with Crippen LogP contribution in [0.4, 0.5) is 0 Å². The summed E-state index contributed by atoms with van der Waals surface area (Å²) >= 11 is 0. The van der Waals surface area contributed by atoms with E-state index in [0.717, 1.165) is 35.4 Å². The predicted molar refractivity (Wildman–Crippen MR) is 70.3 cm³/mol. The first-order valence-electron chi connectivity index (χ1n) is 6.10. The van der Waals surface area contributed by atoms with Crippen LogP contribution >= 0.6 is 0 Å². The third kappa shape index (κ3) is 1.69. The van der Waals surface area contributed by atoms with E-state index >= 15 is 0 Å². The SMILES string of the molecule is COc1cccc(-c2c(C3(N)CC3)cnn2C)c1. The lowest BCUT2D eigenvalue weighted by Crippen LogP contribution is -2.19. The van der Waals surface area contributed by atoms with Gasteiger partial charge in [0, 0.05) is 23.7 Å². The molecule has 0 spiro atoms. The lowest BCUT2D eigenvalue weighted by Gasteiger charge is -2.12. The normalized spacial score (nSPS) is 16.6. The van der Waals surface area contributed by atoms with Gasteiger partial charge in [0.25, 0.3) is 0 Å². The minimum atomic E-state index is -0.174. The predicted octanol–water partition coefficient (Wildman–Crippen LogP) is 2.04. The summed E-state index contributed by atoms with van der Waals surface area (Å²) in [6.45, 7) is 0. The fraction of sp³-hybridized carbons (Fsp3) is 0.357. The number of hydrogen-bond acceptors (Lipinski definition) is 3. The van der Waals surface area contributed by atoms with Gasteiger partial charge in [-0.3, -0.25) is 4.68 Å². The van der Waals surface area contributed by atoms with Crippen molar-refractivity contribution in [1.29, 1.82) is 0 Å². The molecular weight excluding hydrogens is 226 g/mol. The number of nitrogens with two attached hydrogens (primary N) is 1. The molecule has 0 atom stereocenters. The number of methoxy groups -OCH3 is 1. The summed E-state index contributed by atoms with van der Waals surface area (Å²) < 4.78 is 7.16. The average molecular weight is 243 g/mol. The zero-order valence-corrected chi connectivity index (χ0v) is 10.7. The van der Waals surface area contributed by atoms with E-state index in [1.807, 2.05) is 36.1 Å². The molecule has 1 saturated carbocycles. The quantitative estimate of drug-likeness (QED) is 0.897. The highest BCUT2D eigenvalue weighted by Gasteiger charge is 2.43. The number of nitrogens with zero attached hydrogens (tertiary/aromatic N) is 2. The van der Waals surface area contributed by atoms with Crippen LogP contribution in [0.25, 0.3) is 11.3 Å². The largest absolute Gasteiger partial charge is 0.497 e. The van der Waals surface area contributed by atoms with Gasteiger partial charge in [0.05, 0.1) is 19.0 Å². The van der Waals surface area contributed by atoms with Gasteiger partial charge in [0.1, 0.15) is 5.75 Å².